The van der Waals surface area contributed by atoms with Crippen molar-refractivity contribution in [3.05, 3.63) is 29.8 Å². The van der Waals surface area contributed by atoms with E-state index in [1.165, 1.54) is 6.07 Å². The number of nitrogens with one attached hydrogen (secondary N) is 1. The molecule has 126 valence electrons. The van der Waals surface area contributed by atoms with Crippen LogP contribution in [0.1, 0.15) is 33.1 Å². The summed E-state index contributed by atoms with van der Waals surface area (Å²) in [7, 11) is 0. The van der Waals surface area contributed by atoms with Crippen molar-refractivity contribution in [3.8, 4) is 0 Å². The summed E-state index contributed by atoms with van der Waals surface area (Å²) in [5, 5.41) is 2.59. The highest BCUT2D eigenvalue weighted by molar-refractivity contribution is 6.02. The van der Waals surface area contributed by atoms with Crippen LogP contribution in [-0.4, -0.2) is 29.9 Å². The summed E-state index contributed by atoms with van der Waals surface area (Å²) in [4.78, 5) is 25.6. The zero-order valence-corrected chi connectivity index (χ0v) is 13.2. The quantitative estimate of drug-likeness (QED) is 0.865. The minimum absolute atomic E-state index is 0.136. The van der Waals surface area contributed by atoms with Crippen molar-refractivity contribution in [2.45, 2.75) is 44.7 Å². The molecule has 1 aromatic rings. The summed E-state index contributed by atoms with van der Waals surface area (Å²) in [6.07, 6.45) is 1.48. The standard InChI is InChI=1S/C16H21F2N3O2/c1-3-8-16(2,19)15(23)20-12-7-9-21(14(12)22)13-10(17)5-4-6-11(13)18/h4-6,12H,3,7-9,19H2,1-2H3,(H,20,23). The normalized spacial score (nSPS) is 20.5. The fourth-order valence-electron chi connectivity index (χ4n) is 2.74. The molecule has 1 saturated heterocycles. The second kappa shape index (κ2) is 6.62. The van der Waals surface area contributed by atoms with Gasteiger partial charge < -0.3 is 16.0 Å². The molecule has 1 aromatic carbocycles. The third-order valence-electron chi connectivity index (χ3n) is 4.01. The van der Waals surface area contributed by atoms with Gasteiger partial charge in [-0.2, -0.15) is 0 Å². The zero-order valence-electron chi connectivity index (χ0n) is 13.2. The average Bonchev–Trinajstić information content (AvgIpc) is 2.80. The maximum atomic E-state index is 13.8. The van der Waals surface area contributed by atoms with E-state index < -0.39 is 35.0 Å². The number of benzene rings is 1. The molecule has 2 atom stereocenters. The SMILES string of the molecule is CCCC(C)(N)C(=O)NC1CCN(c2c(F)cccc2F)C1=O. The Balaban J connectivity index is 2.12. The van der Waals surface area contributed by atoms with Crippen molar-refractivity contribution in [2.75, 3.05) is 11.4 Å². The molecule has 3 N–H and O–H groups in total. The van der Waals surface area contributed by atoms with Crippen LogP contribution in [0.3, 0.4) is 0 Å². The Kier molecular flexibility index (Phi) is 4.99. The molecule has 0 radical (unpaired) electrons. The number of amides is 2. The lowest BCUT2D eigenvalue weighted by Gasteiger charge is -2.25. The maximum Gasteiger partial charge on any atom is 0.249 e. The predicted octanol–water partition coefficient (Wildman–Crippen LogP) is 1.70. The highest BCUT2D eigenvalue weighted by Gasteiger charge is 2.38. The average molecular weight is 325 g/mol. The first kappa shape index (κ1) is 17.3. The first-order valence-electron chi connectivity index (χ1n) is 7.63. The fraction of sp³-hybridized carbons (Fsp3) is 0.500. The molecular formula is C16H21F2N3O2. The highest BCUT2D eigenvalue weighted by atomic mass is 19.1. The number of rotatable bonds is 5. The van der Waals surface area contributed by atoms with Crippen molar-refractivity contribution < 1.29 is 18.4 Å². The van der Waals surface area contributed by atoms with Gasteiger partial charge in [-0.25, -0.2) is 8.78 Å². The lowest BCUT2D eigenvalue weighted by Crippen LogP contribution is -2.55. The third kappa shape index (κ3) is 3.50. The monoisotopic (exact) mass is 325 g/mol. The number of hydrogen-bond donors (Lipinski definition) is 2. The predicted molar refractivity (Wildman–Crippen MR) is 82.8 cm³/mol. The molecule has 0 aromatic heterocycles. The van der Waals surface area contributed by atoms with Gasteiger partial charge in [0, 0.05) is 6.54 Å². The molecule has 2 rings (SSSR count). The van der Waals surface area contributed by atoms with Gasteiger partial charge in [-0.3, -0.25) is 9.59 Å². The number of carbonyl (C=O) groups excluding carboxylic acids is 2. The van der Waals surface area contributed by atoms with Gasteiger partial charge in [0.2, 0.25) is 11.8 Å². The molecule has 2 unspecified atom stereocenters. The molecule has 1 heterocycles. The number of carbonyl (C=O) groups is 2. The van der Waals surface area contributed by atoms with Gasteiger partial charge in [0.15, 0.2) is 0 Å². The van der Waals surface area contributed by atoms with Crippen LogP contribution in [0.4, 0.5) is 14.5 Å². The molecule has 1 fully saturated rings. The van der Waals surface area contributed by atoms with Crippen LogP contribution in [0.25, 0.3) is 0 Å². The molecular weight excluding hydrogens is 304 g/mol. The summed E-state index contributed by atoms with van der Waals surface area (Å²) in [5.74, 6) is -2.58. The molecule has 1 aliphatic heterocycles. The summed E-state index contributed by atoms with van der Waals surface area (Å²) in [6.45, 7) is 3.64. The van der Waals surface area contributed by atoms with Crippen LogP contribution in [0.15, 0.2) is 18.2 Å². The van der Waals surface area contributed by atoms with Crippen molar-refractivity contribution in [2.24, 2.45) is 5.73 Å². The molecule has 0 spiro atoms. The molecule has 7 heteroatoms. The van der Waals surface area contributed by atoms with Gasteiger partial charge in [0.25, 0.3) is 0 Å². The minimum atomic E-state index is -1.08. The topological polar surface area (TPSA) is 75.4 Å². The van der Waals surface area contributed by atoms with Crippen LogP contribution in [-0.2, 0) is 9.59 Å². The Labute approximate surface area is 133 Å². The van der Waals surface area contributed by atoms with Gasteiger partial charge in [0.05, 0.1) is 5.54 Å². The zero-order chi connectivity index (χ0) is 17.2. The Hall–Kier alpha value is -2.02. The number of hydrogen-bond acceptors (Lipinski definition) is 3. The lowest BCUT2D eigenvalue weighted by atomic mass is 9.96. The van der Waals surface area contributed by atoms with E-state index in [2.05, 4.69) is 5.32 Å². The molecule has 23 heavy (non-hydrogen) atoms. The number of para-hydroxylation sites is 1. The Morgan fingerprint density at radius 2 is 2.04 bits per heavy atom. The van der Waals surface area contributed by atoms with Gasteiger partial charge in [0.1, 0.15) is 23.4 Å². The van der Waals surface area contributed by atoms with Crippen molar-refractivity contribution in [1.29, 1.82) is 0 Å². The first-order valence-corrected chi connectivity index (χ1v) is 7.63. The molecule has 5 nitrogen and oxygen atoms in total. The van der Waals surface area contributed by atoms with Crippen LogP contribution >= 0.6 is 0 Å². The summed E-state index contributed by atoms with van der Waals surface area (Å²) in [6, 6.07) is 2.60. The smallest absolute Gasteiger partial charge is 0.249 e. The van der Waals surface area contributed by atoms with E-state index in [0.29, 0.717) is 6.42 Å². The Bertz CT molecular complexity index is 599. The van der Waals surface area contributed by atoms with Crippen molar-refractivity contribution >= 4 is 17.5 Å². The van der Waals surface area contributed by atoms with Crippen LogP contribution < -0.4 is 16.0 Å². The van der Waals surface area contributed by atoms with Crippen LogP contribution in [0.2, 0.25) is 0 Å². The van der Waals surface area contributed by atoms with E-state index in [4.69, 9.17) is 5.73 Å². The molecule has 2 amide bonds. The highest BCUT2D eigenvalue weighted by Crippen LogP contribution is 2.27. The molecule has 0 aliphatic carbocycles. The molecule has 0 saturated carbocycles. The van der Waals surface area contributed by atoms with E-state index in [0.717, 1.165) is 23.5 Å². The van der Waals surface area contributed by atoms with E-state index in [1.807, 2.05) is 6.92 Å². The van der Waals surface area contributed by atoms with Gasteiger partial charge in [-0.15, -0.1) is 0 Å². The molecule has 0 bridgehead atoms. The summed E-state index contributed by atoms with van der Waals surface area (Å²) < 4.78 is 27.6. The number of nitrogens with zero attached hydrogens (tertiary/aromatic N) is 1. The number of halogens is 2. The van der Waals surface area contributed by atoms with Crippen LogP contribution in [0, 0.1) is 11.6 Å². The van der Waals surface area contributed by atoms with Gasteiger partial charge in [-0.1, -0.05) is 19.4 Å². The van der Waals surface area contributed by atoms with Crippen molar-refractivity contribution in [3.63, 3.8) is 0 Å². The van der Waals surface area contributed by atoms with E-state index in [1.54, 1.807) is 6.92 Å². The summed E-state index contributed by atoms with van der Waals surface area (Å²) >= 11 is 0. The fourth-order valence-corrected chi connectivity index (χ4v) is 2.74. The lowest BCUT2D eigenvalue weighted by molar-refractivity contribution is -0.130. The van der Waals surface area contributed by atoms with E-state index >= 15 is 0 Å². The minimum Gasteiger partial charge on any atom is -0.343 e. The Morgan fingerprint density at radius 1 is 1.43 bits per heavy atom. The van der Waals surface area contributed by atoms with Crippen molar-refractivity contribution in [1.82, 2.24) is 5.32 Å². The largest absolute Gasteiger partial charge is 0.343 e. The van der Waals surface area contributed by atoms with Crippen LogP contribution in [0.5, 0.6) is 0 Å². The maximum absolute atomic E-state index is 13.8. The molecule has 1 aliphatic rings. The third-order valence-corrected chi connectivity index (χ3v) is 4.01. The number of anilines is 1. The Morgan fingerprint density at radius 3 is 2.61 bits per heavy atom. The first-order chi connectivity index (χ1) is 10.8. The van der Waals surface area contributed by atoms with Gasteiger partial charge >= 0.3 is 0 Å². The number of nitrogens with two attached hydrogens (primary N) is 1. The second-order valence-electron chi connectivity index (χ2n) is 6.04. The summed E-state index contributed by atoms with van der Waals surface area (Å²) in [5.41, 5.74) is 4.48. The second-order valence-corrected chi connectivity index (χ2v) is 6.04. The van der Waals surface area contributed by atoms with E-state index in [9.17, 15) is 18.4 Å². The van der Waals surface area contributed by atoms with Gasteiger partial charge in [-0.05, 0) is 31.9 Å². The van der Waals surface area contributed by atoms with E-state index in [-0.39, 0.29) is 18.7 Å².